The predicted octanol–water partition coefficient (Wildman–Crippen LogP) is 2.75. The van der Waals surface area contributed by atoms with Crippen LogP contribution in [0.4, 0.5) is 0 Å². The van der Waals surface area contributed by atoms with E-state index in [-0.39, 0.29) is 5.54 Å². The lowest BCUT2D eigenvalue weighted by atomic mass is 9.88. The van der Waals surface area contributed by atoms with Crippen LogP contribution in [0, 0.1) is 6.92 Å². The van der Waals surface area contributed by atoms with Crippen molar-refractivity contribution in [2.45, 2.75) is 58.7 Å². The molecule has 118 valence electrons. The molecule has 0 aromatic carbocycles. The Morgan fingerprint density at radius 2 is 2.10 bits per heavy atom. The summed E-state index contributed by atoms with van der Waals surface area (Å²) in [5.41, 5.74) is 2.37. The Labute approximate surface area is 128 Å². The zero-order valence-electron chi connectivity index (χ0n) is 14.1. The zero-order valence-corrected chi connectivity index (χ0v) is 14.1. The van der Waals surface area contributed by atoms with Gasteiger partial charge < -0.3 is 10.1 Å². The molecule has 1 aliphatic rings. The second kappa shape index (κ2) is 6.75. The van der Waals surface area contributed by atoms with E-state index < -0.39 is 0 Å². The van der Waals surface area contributed by atoms with Gasteiger partial charge in [-0.05, 0) is 26.7 Å². The van der Waals surface area contributed by atoms with Crippen LogP contribution in [0.1, 0.15) is 45.0 Å². The maximum atomic E-state index is 5.36. The van der Waals surface area contributed by atoms with E-state index in [2.05, 4.69) is 42.0 Å². The highest BCUT2D eigenvalue weighted by atomic mass is 16.5. The average Bonchev–Trinajstić information content (AvgIpc) is 2.49. The molecule has 2 rings (SSSR count). The SMILES string of the molecule is CCC1(CC)CN(Cc2cc(OC)cc(C)n2)C(C)CN1. The summed E-state index contributed by atoms with van der Waals surface area (Å²) in [6.07, 6.45) is 2.33. The molecule has 0 aliphatic carbocycles. The summed E-state index contributed by atoms with van der Waals surface area (Å²) in [5.74, 6) is 0.900. The molecule has 1 aromatic heterocycles. The van der Waals surface area contributed by atoms with E-state index in [1.807, 2.05) is 13.0 Å². The van der Waals surface area contributed by atoms with Crippen LogP contribution in [-0.2, 0) is 6.54 Å². The van der Waals surface area contributed by atoms with Crippen LogP contribution in [0.2, 0.25) is 0 Å². The van der Waals surface area contributed by atoms with Gasteiger partial charge in [0.25, 0.3) is 0 Å². The molecular formula is C17H29N3O. The van der Waals surface area contributed by atoms with E-state index in [1.165, 1.54) is 0 Å². The van der Waals surface area contributed by atoms with Gasteiger partial charge in [0.1, 0.15) is 5.75 Å². The van der Waals surface area contributed by atoms with Crippen LogP contribution in [0.25, 0.3) is 0 Å². The third-order valence-electron chi connectivity index (χ3n) is 4.84. The van der Waals surface area contributed by atoms with Gasteiger partial charge in [-0.3, -0.25) is 9.88 Å². The molecule has 1 aromatic rings. The molecule has 1 aliphatic heterocycles. The Morgan fingerprint density at radius 3 is 2.71 bits per heavy atom. The quantitative estimate of drug-likeness (QED) is 0.905. The molecule has 0 amide bonds. The summed E-state index contributed by atoms with van der Waals surface area (Å²) >= 11 is 0. The first kappa shape index (κ1) is 16.2. The fraction of sp³-hybridized carbons (Fsp3) is 0.706. The molecular weight excluding hydrogens is 262 g/mol. The van der Waals surface area contributed by atoms with Crippen molar-refractivity contribution in [3.63, 3.8) is 0 Å². The summed E-state index contributed by atoms with van der Waals surface area (Å²) in [5, 5.41) is 3.74. The highest BCUT2D eigenvalue weighted by molar-refractivity contribution is 5.26. The number of hydrogen-bond acceptors (Lipinski definition) is 4. The molecule has 1 saturated heterocycles. The van der Waals surface area contributed by atoms with Gasteiger partial charge >= 0.3 is 0 Å². The summed E-state index contributed by atoms with van der Waals surface area (Å²) in [6.45, 7) is 11.9. The van der Waals surface area contributed by atoms with E-state index in [9.17, 15) is 0 Å². The Morgan fingerprint density at radius 1 is 1.38 bits per heavy atom. The molecule has 0 saturated carbocycles. The molecule has 2 heterocycles. The highest BCUT2D eigenvalue weighted by Gasteiger charge is 2.35. The van der Waals surface area contributed by atoms with Gasteiger partial charge in [-0.25, -0.2) is 0 Å². The van der Waals surface area contributed by atoms with Gasteiger partial charge in [-0.2, -0.15) is 0 Å². The standard InChI is InChI=1S/C17H29N3O/c1-6-17(7-2)12-20(14(4)10-18-17)11-15-9-16(21-5)8-13(3)19-15/h8-9,14,18H,6-7,10-12H2,1-5H3. The van der Waals surface area contributed by atoms with E-state index >= 15 is 0 Å². The van der Waals surface area contributed by atoms with Gasteiger partial charge in [0.05, 0.1) is 12.8 Å². The van der Waals surface area contributed by atoms with Crippen molar-refractivity contribution in [2.75, 3.05) is 20.2 Å². The third-order valence-corrected chi connectivity index (χ3v) is 4.84. The predicted molar refractivity (Wildman–Crippen MR) is 86.7 cm³/mol. The number of rotatable bonds is 5. The first-order valence-corrected chi connectivity index (χ1v) is 8.02. The normalized spacial score (nSPS) is 22.2. The molecule has 0 radical (unpaired) electrons. The smallest absolute Gasteiger partial charge is 0.122 e. The van der Waals surface area contributed by atoms with E-state index in [4.69, 9.17) is 4.74 Å². The second-order valence-electron chi connectivity index (χ2n) is 6.26. The van der Waals surface area contributed by atoms with Gasteiger partial charge in [-0.15, -0.1) is 0 Å². The van der Waals surface area contributed by atoms with Crippen LogP contribution in [-0.4, -0.2) is 41.7 Å². The summed E-state index contributed by atoms with van der Waals surface area (Å²) < 4.78 is 5.36. The minimum Gasteiger partial charge on any atom is -0.497 e. The number of nitrogens with one attached hydrogen (secondary N) is 1. The van der Waals surface area contributed by atoms with Crippen molar-refractivity contribution < 1.29 is 4.74 Å². The molecule has 0 spiro atoms. The molecule has 1 unspecified atom stereocenters. The fourth-order valence-electron chi connectivity index (χ4n) is 3.14. The van der Waals surface area contributed by atoms with Crippen molar-refractivity contribution in [3.8, 4) is 5.75 Å². The molecule has 4 nitrogen and oxygen atoms in total. The van der Waals surface area contributed by atoms with Crippen LogP contribution in [0.3, 0.4) is 0 Å². The van der Waals surface area contributed by atoms with Crippen molar-refractivity contribution in [2.24, 2.45) is 0 Å². The van der Waals surface area contributed by atoms with E-state index in [0.29, 0.717) is 6.04 Å². The lowest BCUT2D eigenvalue weighted by Crippen LogP contribution is -2.62. The Hall–Kier alpha value is -1.13. The number of hydrogen-bond donors (Lipinski definition) is 1. The number of aryl methyl sites for hydroxylation is 1. The molecule has 1 N–H and O–H groups in total. The second-order valence-corrected chi connectivity index (χ2v) is 6.26. The molecule has 1 atom stereocenters. The van der Waals surface area contributed by atoms with Crippen molar-refractivity contribution in [1.82, 2.24) is 15.2 Å². The molecule has 0 bridgehead atoms. The van der Waals surface area contributed by atoms with Gasteiger partial charge in [0.15, 0.2) is 0 Å². The highest BCUT2D eigenvalue weighted by Crippen LogP contribution is 2.24. The number of pyridine rings is 1. The molecule has 4 heteroatoms. The van der Waals surface area contributed by atoms with Crippen molar-refractivity contribution >= 4 is 0 Å². The molecule has 21 heavy (non-hydrogen) atoms. The van der Waals surface area contributed by atoms with Crippen LogP contribution in [0.5, 0.6) is 5.75 Å². The third kappa shape index (κ3) is 3.74. The van der Waals surface area contributed by atoms with Gasteiger partial charge in [0.2, 0.25) is 0 Å². The van der Waals surface area contributed by atoms with Crippen molar-refractivity contribution in [3.05, 3.63) is 23.5 Å². The number of aromatic nitrogens is 1. The zero-order chi connectivity index (χ0) is 15.5. The van der Waals surface area contributed by atoms with E-state index in [0.717, 1.165) is 49.6 Å². The lowest BCUT2D eigenvalue weighted by molar-refractivity contribution is 0.0735. The summed E-state index contributed by atoms with van der Waals surface area (Å²) in [7, 11) is 1.71. The number of piperazine rings is 1. The number of methoxy groups -OCH3 is 1. The lowest BCUT2D eigenvalue weighted by Gasteiger charge is -2.46. The van der Waals surface area contributed by atoms with Crippen molar-refractivity contribution in [1.29, 1.82) is 0 Å². The minimum absolute atomic E-state index is 0.250. The first-order chi connectivity index (χ1) is 10.0. The fourth-order valence-corrected chi connectivity index (χ4v) is 3.14. The van der Waals surface area contributed by atoms with Gasteiger partial charge in [-0.1, -0.05) is 13.8 Å². The Balaban J connectivity index is 2.15. The first-order valence-electron chi connectivity index (χ1n) is 8.02. The van der Waals surface area contributed by atoms with Gasteiger partial charge in [0, 0.05) is 49.0 Å². The Bertz CT molecular complexity index is 471. The Kier molecular flexibility index (Phi) is 5.22. The average molecular weight is 291 g/mol. The number of nitrogens with zero attached hydrogens (tertiary/aromatic N) is 2. The van der Waals surface area contributed by atoms with E-state index in [1.54, 1.807) is 7.11 Å². The topological polar surface area (TPSA) is 37.4 Å². The van der Waals surface area contributed by atoms with Crippen LogP contribution < -0.4 is 10.1 Å². The summed E-state index contributed by atoms with van der Waals surface area (Å²) in [6, 6.07) is 4.57. The number of ether oxygens (including phenoxy) is 1. The summed E-state index contributed by atoms with van der Waals surface area (Å²) in [4.78, 5) is 7.21. The van der Waals surface area contributed by atoms with Crippen LogP contribution in [0.15, 0.2) is 12.1 Å². The maximum absolute atomic E-state index is 5.36. The largest absolute Gasteiger partial charge is 0.497 e. The molecule has 1 fully saturated rings. The minimum atomic E-state index is 0.250. The van der Waals surface area contributed by atoms with Crippen LogP contribution >= 0.6 is 0 Å². The maximum Gasteiger partial charge on any atom is 0.122 e. The monoisotopic (exact) mass is 291 g/mol.